The third-order valence-electron chi connectivity index (χ3n) is 15.8. The second-order valence-corrected chi connectivity index (χ2v) is 24.2. The molecule has 0 unspecified atom stereocenters. The number of carbonyl (C=O) groups is 6. The van der Waals surface area contributed by atoms with Crippen LogP contribution in [0.4, 0.5) is 22.6 Å². The Morgan fingerprint density at radius 2 is 0.806 bits per heavy atom. The second kappa shape index (κ2) is 23.8. The molecule has 0 aliphatic heterocycles. The van der Waals surface area contributed by atoms with Crippen molar-refractivity contribution in [2.75, 3.05) is 0 Å². The number of thiophene rings is 3. The Labute approximate surface area is 535 Å². The van der Waals surface area contributed by atoms with Crippen molar-refractivity contribution in [3.05, 3.63) is 258 Å². The molecule has 9 aromatic rings. The normalized spacial score (nSPS) is 15.0. The minimum absolute atomic E-state index is 0.0156. The maximum absolute atomic E-state index is 16.0. The number of hydrogen-bond acceptors (Lipinski definition) is 19. The number of aliphatic imine (C=N–C) groups is 2. The van der Waals surface area contributed by atoms with Gasteiger partial charge in [-0.15, -0.1) is 34.0 Å². The molecule has 0 atom stereocenters. The minimum Gasteiger partial charge on any atom is -0.459 e. The standard InChI is InChI=1S/C70H34F4N6O10S3/c71-46-21-41-43(23-48(46)73)59(81)57(53(41)39(27-75)28-76)79-51-26-50-55(70(51,67(85)89-33-37-17-9-3-10-18-37)68(86)90-34-38-19-11-4-12-20-38)62-64(91-50)56-63(93-62)61-45(25-52(92-61)80-58-54(40(29-77)30-78)42-22-47(72)49(74)24-44(42)60(58)82)69(56,65(83)87-31-35-13-5-1-6-14-35)66(84)88-32-36-15-7-2-8-16-36/h1-26H,31-34H2/b79-57-,80-58+. The molecule has 3 heterocycles. The van der Waals surface area contributed by atoms with E-state index >= 15 is 28.0 Å². The molecule has 23 heteroatoms. The number of esters is 4. The lowest BCUT2D eigenvalue weighted by Gasteiger charge is -2.28. The highest BCUT2D eigenvalue weighted by Gasteiger charge is 2.65. The van der Waals surface area contributed by atoms with Crippen molar-refractivity contribution in [3.8, 4) is 34.0 Å². The summed E-state index contributed by atoms with van der Waals surface area (Å²) in [6.45, 7) is -1.82. The fourth-order valence-electron chi connectivity index (χ4n) is 11.6. The molecule has 13 rings (SSSR count). The topological polar surface area (TPSA) is 259 Å². The van der Waals surface area contributed by atoms with Gasteiger partial charge in [0.25, 0.3) is 0 Å². The summed E-state index contributed by atoms with van der Waals surface area (Å²) >= 11 is 2.49. The van der Waals surface area contributed by atoms with Crippen LogP contribution in [-0.2, 0) is 75.4 Å². The Bertz CT molecular complexity index is 5020. The first-order valence-corrected chi connectivity index (χ1v) is 30.2. The van der Waals surface area contributed by atoms with Crippen LogP contribution in [0.15, 0.2) is 178 Å². The van der Waals surface area contributed by atoms with Crippen molar-refractivity contribution < 1.29 is 65.3 Å². The lowest BCUT2D eigenvalue weighted by Crippen LogP contribution is -2.46. The summed E-state index contributed by atoms with van der Waals surface area (Å²) in [6, 6.07) is 43.9. The van der Waals surface area contributed by atoms with Gasteiger partial charge in [-0.3, -0.25) is 28.8 Å². The number of ketones is 2. The van der Waals surface area contributed by atoms with Crippen LogP contribution in [0.1, 0.15) is 75.7 Å². The van der Waals surface area contributed by atoms with Crippen LogP contribution in [0, 0.1) is 68.6 Å². The Morgan fingerprint density at radius 1 is 0.441 bits per heavy atom. The second-order valence-electron chi connectivity index (χ2n) is 21.1. The zero-order valence-electron chi connectivity index (χ0n) is 47.3. The van der Waals surface area contributed by atoms with Crippen molar-refractivity contribution in [2.45, 2.75) is 37.3 Å². The fraction of sp³-hybridized carbons (Fsp3) is 0.0857. The number of carbonyl (C=O) groups excluding carboxylic acids is 6. The third kappa shape index (κ3) is 9.74. The SMILES string of the molecule is N#CC(C#N)=C1/C(=N/C2=Cc3sc4c5c(sc4c3C2(C(=O)OCc2ccccc2)C(=O)OCc2ccccc2)-c2sc(/N=C3/C(=O)c4cc(F)c(F)cc4C3=C(C#N)C#N)cc2C5(C(=O)OCc2ccccc2)C(=O)OCc2ccccc2)C(=O)c2cc(F)c(F)cc21. The monoisotopic (exact) mass is 1290 g/mol. The van der Waals surface area contributed by atoms with Crippen LogP contribution in [0.5, 0.6) is 0 Å². The van der Waals surface area contributed by atoms with Gasteiger partial charge in [0, 0.05) is 55.0 Å². The predicted octanol–water partition coefficient (Wildman–Crippen LogP) is 13.3. The lowest BCUT2D eigenvalue weighted by molar-refractivity contribution is -0.166. The van der Waals surface area contributed by atoms with E-state index in [0.29, 0.717) is 46.5 Å². The van der Waals surface area contributed by atoms with E-state index in [2.05, 4.69) is 4.99 Å². The number of nitrogens with zero attached hydrogens (tertiary/aromatic N) is 6. The zero-order chi connectivity index (χ0) is 65.0. The number of allylic oxidation sites excluding steroid dienone is 4. The third-order valence-corrected chi connectivity index (χ3v) is 19.5. The van der Waals surface area contributed by atoms with Crippen molar-refractivity contribution in [3.63, 3.8) is 0 Å². The number of fused-ring (bicyclic) bond motifs is 9. The summed E-state index contributed by atoms with van der Waals surface area (Å²) in [7, 11) is 0. The molecule has 0 bridgehead atoms. The highest BCUT2D eigenvalue weighted by molar-refractivity contribution is 7.33. The molecule has 0 saturated carbocycles. The summed E-state index contributed by atoms with van der Waals surface area (Å²) in [5.74, 6) is -13.0. The first-order valence-electron chi connectivity index (χ1n) is 27.7. The Hall–Kier alpha value is -11.9. The van der Waals surface area contributed by atoms with Gasteiger partial charge in [-0.2, -0.15) is 21.0 Å². The molecular weight excluding hydrogens is 1260 g/mol. The summed E-state index contributed by atoms with van der Waals surface area (Å²) in [4.78, 5) is 102. The number of rotatable bonds is 14. The number of nitriles is 4. The molecule has 0 saturated heterocycles. The average molecular weight is 1290 g/mol. The Morgan fingerprint density at radius 3 is 1.20 bits per heavy atom. The molecular formula is C70H34F4N6O10S3. The smallest absolute Gasteiger partial charge is 0.334 e. The molecule has 450 valence electrons. The first kappa shape index (κ1) is 60.1. The summed E-state index contributed by atoms with van der Waals surface area (Å²) in [6.07, 6.45) is 1.24. The van der Waals surface area contributed by atoms with Gasteiger partial charge in [-0.25, -0.2) is 27.5 Å². The van der Waals surface area contributed by atoms with Crippen molar-refractivity contribution in [2.24, 2.45) is 9.98 Å². The quantitative estimate of drug-likeness (QED) is 0.0322. The number of halogens is 4. The van der Waals surface area contributed by atoms with Crippen LogP contribution in [0.2, 0.25) is 0 Å². The fourth-order valence-corrected chi connectivity index (χ4v) is 15.9. The van der Waals surface area contributed by atoms with Gasteiger partial charge in [0.2, 0.25) is 22.4 Å². The molecule has 0 radical (unpaired) electrons. The molecule has 93 heavy (non-hydrogen) atoms. The molecule has 6 aromatic carbocycles. The van der Waals surface area contributed by atoms with Gasteiger partial charge in [-0.1, -0.05) is 121 Å². The molecule has 0 amide bonds. The van der Waals surface area contributed by atoms with E-state index in [-0.39, 0.29) is 51.3 Å². The van der Waals surface area contributed by atoms with Crippen LogP contribution in [0.3, 0.4) is 0 Å². The van der Waals surface area contributed by atoms with Crippen LogP contribution in [0.25, 0.3) is 36.4 Å². The number of ether oxygens (including phenoxy) is 4. The van der Waals surface area contributed by atoms with E-state index in [0.717, 1.165) is 34.0 Å². The molecule has 16 nitrogen and oxygen atoms in total. The highest BCUT2D eigenvalue weighted by Crippen LogP contribution is 2.65. The molecule has 0 spiro atoms. The molecule has 0 N–H and O–H groups in total. The van der Waals surface area contributed by atoms with Gasteiger partial charge in [-0.05, 0) is 58.7 Å². The zero-order valence-corrected chi connectivity index (χ0v) is 49.8. The number of hydrogen-bond donors (Lipinski definition) is 0. The van der Waals surface area contributed by atoms with Crippen molar-refractivity contribution in [1.29, 1.82) is 21.0 Å². The average Bonchev–Trinajstić information content (AvgIpc) is 1.50. The van der Waals surface area contributed by atoms with E-state index in [1.54, 1.807) is 146 Å². The van der Waals surface area contributed by atoms with Gasteiger partial charge in [0.1, 0.15) is 78.3 Å². The maximum Gasteiger partial charge on any atom is 0.334 e. The maximum atomic E-state index is 16.0. The van der Waals surface area contributed by atoms with Crippen molar-refractivity contribution in [1.82, 2.24) is 0 Å². The first-order chi connectivity index (χ1) is 45.1. The van der Waals surface area contributed by atoms with Gasteiger partial charge >= 0.3 is 23.9 Å². The van der Waals surface area contributed by atoms with E-state index in [1.165, 1.54) is 12.1 Å². The summed E-state index contributed by atoms with van der Waals surface area (Å²) < 4.78 is 84.9. The summed E-state index contributed by atoms with van der Waals surface area (Å²) in [5, 5.41) is 40.8. The van der Waals surface area contributed by atoms with Crippen LogP contribution in [-0.4, -0.2) is 46.9 Å². The van der Waals surface area contributed by atoms with Gasteiger partial charge < -0.3 is 18.9 Å². The highest BCUT2D eigenvalue weighted by atomic mass is 32.1. The van der Waals surface area contributed by atoms with E-state index in [1.807, 2.05) is 0 Å². The minimum atomic E-state index is -2.95. The van der Waals surface area contributed by atoms with Crippen molar-refractivity contribution >= 4 is 113 Å². The number of Topliss-reactive ketones (excluding diaryl/α,β-unsaturated/α-hetero) is 2. The number of benzene rings is 6. The molecule has 4 aliphatic carbocycles. The van der Waals surface area contributed by atoms with Crippen LogP contribution < -0.4 is 0 Å². The Kier molecular flexibility index (Phi) is 15.4. The largest absolute Gasteiger partial charge is 0.459 e. The van der Waals surface area contributed by atoms with E-state index in [9.17, 15) is 39.4 Å². The van der Waals surface area contributed by atoms with E-state index in [4.69, 9.17) is 23.9 Å². The summed E-state index contributed by atoms with van der Waals surface area (Å²) in [5.41, 5.74) is -10.3. The van der Waals surface area contributed by atoms with Gasteiger partial charge in [0.05, 0.1) is 24.9 Å². The van der Waals surface area contributed by atoms with E-state index < -0.39 is 152 Å². The molecule has 0 fully saturated rings. The molecule has 4 aliphatic rings. The lowest BCUT2D eigenvalue weighted by atomic mass is 9.78. The predicted molar refractivity (Wildman–Crippen MR) is 331 cm³/mol. The van der Waals surface area contributed by atoms with Gasteiger partial charge in [0.15, 0.2) is 23.3 Å². The van der Waals surface area contributed by atoms with Crippen LogP contribution >= 0.6 is 34.0 Å². The Balaban J connectivity index is 1.09. The molecule has 3 aromatic heterocycles.